The number of hydrogen-bond acceptors (Lipinski definition) is 6. The van der Waals surface area contributed by atoms with Crippen molar-refractivity contribution >= 4 is 26.0 Å². The van der Waals surface area contributed by atoms with Gasteiger partial charge in [-0.25, -0.2) is 16.8 Å². The second-order valence-corrected chi connectivity index (χ2v) is 11.5. The Hall–Kier alpha value is -2.49. The molecule has 0 unspecified atom stereocenters. The molecule has 31 heavy (non-hydrogen) atoms. The predicted octanol–water partition coefficient (Wildman–Crippen LogP) is 3.19. The number of benzene rings is 2. The average molecular weight is 464 g/mol. The molecule has 2 aromatic rings. The van der Waals surface area contributed by atoms with E-state index in [1.165, 1.54) is 31.2 Å². The predicted molar refractivity (Wildman–Crippen MR) is 116 cm³/mol. The van der Waals surface area contributed by atoms with Crippen LogP contribution in [0.25, 0.3) is 0 Å². The van der Waals surface area contributed by atoms with Crippen molar-refractivity contribution in [3.8, 4) is 0 Å². The van der Waals surface area contributed by atoms with E-state index in [-0.39, 0.29) is 28.7 Å². The van der Waals surface area contributed by atoms with Gasteiger partial charge in [-0.05, 0) is 44.5 Å². The van der Waals surface area contributed by atoms with Crippen molar-refractivity contribution in [1.29, 1.82) is 0 Å². The van der Waals surface area contributed by atoms with Gasteiger partial charge in [0.1, 0.15) is 0 Å². The fourth-order valence-electron chi connectivity index (χ4n) is 3.37. The molecule has 2 atom stereocenters. The first kappa shape index (κ1) is 23.2. The molecular weight excluding hydrogens is 438 g/mol. The SMILES string of the molecule is CC(=O)OC[C@@H]1C=C[C@H](N(S(=O)(=O)c2ccc(C)cc2)S(=O)(=O)c2ccc(C)cc2)C1. The standard InChI is InChI=1S/C22H25NO6S2/c1-16-4-10-21(11-5-16)30(25,26)23(20-9-8-19(14-20)15-29-18(3)24)31(27,28)22-12-6-17(2)7-13-22/h4-13,19-20H,14-15H2,1-3H3/t19-,20+/m1/s1. The van der Waals surface area contributed by atoms with E-state index >= 15 is 0 Å². The Morgan fingerprint density at radius 2 is 1.32 bits per heavy atom. The van der Waals surface area contributed by atoms with Gasteiger partial charge in [0.05, 0.1) is 22.4 Å². The summed E-state index contributed by atoms with van der Waals surface area (Å²) in [6, 6.07) is 11.2. The first-order valence-electron chi connectivity index (χ1n) is 9.76. The summed E-state index contributed by atoms with van der Waals surface area (Å²) in [5, 5.41) is 0. The number of carbonyl (C=O) groups is 1. The zero-order valence-electron chi connectivity index (χ0n) is 17.6. The number of nitrogens with zero attached hydrogens (tertiary/aromatic N) is 1. The maximum absolute atomic E-state index is 13.5. The van der Waals surface area contributed by atoms with Crippen LogP contribution in [0.2, 0.25) is 0 Å². The van der Waals surface area contributed by atoms with Crippen molar-refractivity contribution in [2.45, 2.75) is 43.0 Å². The average Bonchev–Trinajstić information content (AvgIpc) is 3.14. The van der Waals surface area contributed by atoms with Crippen LogP contribution in [0.1, 0.15) is 24.5 Å². The second-order valence-electron chi connectivity index (χ2n) is 7.61. The number of hydrogen-bond donors (Lipinski definition) is 0. The summed E-state index contributed by atoms with van der Waals surface area (Å²) in [6.45, 7) is 4.98. The van der Waals surface area contributed by atoms with Gasteiger partial charge in [-0.3, -0.25) is 4.79 Å². The summed E-state index contributed by atoms with van der Waals surface area (Å²) in [5.74, 6) is -0.730. The highest BCUT2D eigenvalue weighted by Crippen LogP contribution is 2.33. The molecule has 1 aliphatic carbocycles. The lowest BCUT2D eigenvalue weighted by Crippen LogP contribution is -2.43. The maximum Gasteiger partial charge on any atom is 0.302 e. The summed E-state index contributed by atoms with van der Waals surface area (Å²) in [4.78, 5) is 10.9. The van der Waals surface area contributed by atoms with Crippen molar-refractivity contribution in [3.05, 3.63) is 71.8 Å². The molecule has 1 aliphatic rings. The second kappa shape index (κ2) is 8.94. The molecule has 9 heteroatoms. The molecular formula is C22H25NO6S2. The molecule has 2 aromatic carbocycles. The lowest BCUT2D eigenvalue weighted by Gasteiger charge is -2.27. The normalized spacial score (nSPS) is 19.0. The molecule has 0 amide bonds. The van der Waals surface area contributed by atoms with E-state index in [0.717, 1.165) is 11.1 Å². The third kappa shape index (κ3) is 5.06. The maximum atomic E-state index is 13.5. The van der Waals surface area contributed by atoms with E-state index in [2.05, 4.69) is 0 Å². The van der Waals surface area contributed by atoms with Gasteiger partial charge < -0.3 is 4.74 Å². The summed E-state index contributed by atoms with van der Waals surface area (Å²) < 4.78 is 59.7. The Balaban J connectivity index is 2.04. The van der Waals surface area contributed by atoms with Crippen LogP contribution in [-0.4, -0.2) is 39.2 Å². The van der Waals surface area contributed by atoms with E-state index in [1.54, 1.807) is 36.4 Å². The van der Waals surface area contributed by atoms with Crippen LogP contribution >= 0.6 is 0 Å². The van der Waals surface area contributed by atoms with Gasteiger partial charge in [0.25, 0.3) is 20.0 Å². The van der Waals surface area contributed by atoms with Gasteiger partial charge in [-0.1, -0.05) is 51.3 Å². The van der Waals surface area contributed by atoms with E-state index in [1.807, 2.05) is 13.8 Å². The number of rotatable bonds is 7. The van der Waals surface area contributed by atoms with E-state index in [9.17, 15) is 21.6 Å². The van der Waals surface area contributed by atoms with E-state index in [0.29, 0.717) is 3.71 Å². The first-order valence-corrected chi connectivity index (χ1v) is 12.6. The summed E-state index contributed by atoms with van der Waals surface area (Å²) >= 11 is 0. The molecule has 0 fully saturated rings. The Kier molecular flexibility index (Phi) is 6.68. The minimum Gasteiger partial charge on any atom is -0.465 e. The topological polar surface area (TPSA) is 97.8 Å². The highest BCUT2D eigenvalue weighted by atomic mass is 32.3. The molecule has 7 nitrogen and oxygen atoms in total. The Bertz CT molecular complexity index is 1110. The third-order valence-corrected chi connectivity index (χ3v) is 9.44. The summed E-state index contributed by atoms with van der Waals surface area (Å²) in [7, 11) is -8.77. The van der Waals surface area contributed by atoms with Gasteiger partial charge >= 0.3 is 5.97 Å². The number of ether oxygens (including phenoxy) is 1. The monoisotopic (exact) mass is 463 g/mol. The molecule has 0 aliphatic heterocycles. The number of esters is 1. The van der Waals surface area contributed by atoms with Gasteiger partial charge in [0.15, 0.2) is 0 Å². The van der Waals surface area contributed by atoms with Gasteiger partial charge in [0.2, 0.25) is 0 Å². The molecule has 0 saturated heterocycles. The lowest BCUT2D eigenvalue weighted by atomic mass is 10.1. The van der Waals surface area contributed by atoms with Gasteiger partial charge in [0, 0.05) is 12.8 Å². The Morgan fingerprint density at radius 1 is 0.871 bits per heavy atom. The largest absolute Gasteiger partial charge is 0.465 e. The smallest absolute Gasteiger partial charge is 0.302 e. The van der Waals surface area contributed by atoms with Crippen molar-refractivity contribution in [1.82, 2.24) is 3.71 Å². The highest BCUT2D eigenvalue weighted by Gasteiger charge is 2.43. The molecule has 0 saturated carbocycles. The fourth-order valence-corrected chi connectivity index (χ4v) is 7.32. The number of carbonyl (C=O) groups excluding carboxylic acids is 1. The zero-order valence-corrected chi connectivity index (χ0v) is 19.2. The molecule has 0 spiro atoms. The van der Waals surface area contributed by atoms with Gasteiger partial charge in [-0.2, -0.15) is 0 Å². The molecule has 0 radical (unpaired) electrons. The van der Waals surface area contributed by atoms with Crippen molar-refractivity contribution in [2.75, 3.05) is 6.61 Å². The minimum absolute atomic E-state index is 0.0608. The summed E-state index contributed by atoms with van der Waals surface area (Å²) in [5.41, 5.74) is 1.71. The molecule has 0 aromatic heterocycles. The molecule has 0 heterocycles. The minimum atomic E-state index is -4.39. The van der Waals surface area contributed by atoms with Gasteiger partial charge in [-0.15, -0.1) is 0 Å². The van der Waals surface area contributed by atoms with Crippen LogP contribution in [0.5, 0.6) is 0 Å². The van der Waals surface area contributed by atoms with Crippen molar-refractivity contribution < 1.29 is 26.4 Å². The van der Waals surface area contributed by atoms with Crippen LogP contribution < -0.4 is 0 Å². The Morgan fingerprint density at radius 3 is 1.74 bits per heavy atom. The van der Waals surface area contributed by atoms with Crippen LogP contribution in [0.4, 0.5) is 0 Å². The lowest BCUT2D eigenvalue weighted by molar-refractivity contribution is -0.141. The van der Waals surface area contributed by atoms with Crippen molar-refractivity contribution in [2.24, 2.45) is 5.92 Å². The van der Waals surface area contributed by atoms with Crippen molar-refractivity contribution in [3.63, 3.8) is 0 Å². The van der Waals surface area contributed by atoms with Crippen LogP contribution in [0.3, 0.4) is 0 Å². The Labute approximate surface area is 183 Å². The number of aryl methyl sites for hydroxylation is 2. The van der Waals surface area contributed by atoms with Crippen LogP contribution in [0.15, 0.2) is 70.5 Å². The van der Waals surface area contributed by atoms with Crippen LogP contribution in [-0.2, 0) is 29.6 Å². The highest BCUT2D eigenvalue weighted by molar-refractivity contribution is 8.04. The van der Waals surface area contributed by atoms with E-state index in [4.69, 9.17) is 4.74 Å². The quantitative estimate of drug-likeness (QED) is 0.462. The van der Waals surface area contributed by atoms with Crippen LogP contribution in [0, 0.1) is 19.8 Å². The number of sulfonamides is 2. The first-order chi connectivity index (χ1) is 14.5. The molecule has 166 valence electrons. The van der Waals surface area contributed by atoms with E-state index < -0.39 is 32.1 Å². The molecule has 0 N–H and O–H groups in total. The summed E-state index contributed by atoms with van der Waals surface area (Å²) in [6.07, 6.45) is 3.42. The molecule has 0 bridgehead atoms. The zero-order chi connectivity index (χ0) is 22.8. The fraction of sp³-hybridized carbons (Fsp3) is 0.318. The third-order valence-electron chi connectivity index (χ3n) is 5.03. The molecule has 3 rings (SSSR count).